The third-order valence-corrected chi connectivity index (χ3v) is 6.24. The van der Waals surface area contributed by atoms with Crippen LogP contribution < -0.4 is 0 Å². The molecule has 0 fully saturated rings. The van der Waals surface area contributed by atoms with Gasteiger partial charge < -0.3 is 4.90 Å². The Morgan fingerprint density at radius 2 is 1.87 bits per heavy atom. The van der Waals surface area contributed by atoms with Crippen LogP contribution in [0.1, 0.15) is 48.6 Å². The smallest absolute Gasteiger partial charge is 0.0102 e. The quantitative estimate of drug-likeness (QED) is 0.490. The van der Waals surface area contributed by atoms with Crippen molar-refractivity contribution in [1.29, 1.82) is 0 Å². The summed E-state index contributed by atoms with van der Waals surface area (Å²) in [6, 6.07) is 14.0. The van der Waals surface area contributed by atoms with Crippen LogP contribution >= 0.6 is 11.3 Å². The van der Waals surface area contributed by atoms with E-state index in [1.807, 2.05) is 11.3 Å². The van der Waals surface area contributed by atoms with E-state index in [1.165, 1.54) is 63.6 Å². The Bertz CT molecular complexity index is 552. The molecule has 2 aromatic rings. The summed E-state index contributed by atoms with van der Waals surface area (Å²) >= 11 is 1.96. The average molecular weight is 328 g/mol. The van der Waals surface area contributed by atoms with Crippen LogP contribution in [0, 0.1) is 0 Å². The summed E-state index contributed by atoms with van der Waals surface area (Å²) in [7, 11) is 0. The van der Waals surface area contributed by atoms with Crippen molar-refractivity contribution in [2.24, 2.45) is 0 Å². The maximum Gasteiger partial charge on any atom is 0.0102 e. The molecule has 0 saturated carbocycles. The van der Waals surface area contributed by atoms with Crippen LogP contribution in [-0.4, -0.2) is 24.0 Å². The minimum Gasteiger partial charge on any atom is -0.301 e. The van der Waals surface area contributed by atoms with Gasteiger partial charge >= 0.3 is 0 Å². The molecule has 1 aromatic heterocycles. The first kappa shape index (κ1) is 16.7. The van der Waals surface area contributed by atoms with Crippen LogP contribution in [0.25, 0.3) is 0 Å². The molecular formula is C21H29NS. The van der Waals surface area contributed by atoms with Gasteiger partial charge in [0.15, 0.2) is 0 Å². The largest absolute Gasteiger partial charge is 0.301 e. The number of hydrogen-bond acceptors (Lipinski definition) is 2. The first-order chi connectivity index (χ1) is 11.4. The topological polar surface area (TPSA) is 3.24 Å². The van der Waals surface area contributed by atoms with Gasteiger partial charge in [0.25, 0.3) is 0 Å². The number of benzene rings is 1. The number of thiophene rings is 1. The predicted molar refractivity (Wildman–Crippen MR) is 101 cm³/mol. The Morgan fingerprint density at radius 3 is 2.70 bits per heavy atom. The maximum atomic E-state index is 2.74. The van der Waals surface area contributed by atoms with E-state index in [2.05, 4.69) is 53.6 Å². The summed E-state index contributed by atoms with van der Waals surface area (Å²) in [5, 5.41) is 2.27. The minimum absolute atomic E-state index is 0.788. The Balaban J connectivity index is 1.43. The third kappa shape index (κ3) is 4.68. The Labute approximate surface area is 145 Å². The molecule has 0 bridgehead atoms. The highest BCUT2D eigenvalue weighted by Crippen LogP contribution is 2.27. The molecule has 0 saturated heterocycles. The van der Waals surface area contributed by atoms with Crippen molar-refractivity contribution in [1.82, 2.24) is 4.90 Å². The van der Waals surface area contributed by atoms with Crippen LogP contribution in [0.5, 0.6) is 0 Å². The lowest BCUT2D eigenvalue weighted by atomic mass is 10.0. The fourth-order valence-electron chi connectivity index (χ4n) is 3.83. The van der Waals surface area contributed by atoms with Crippen molar-refractivity contribution in [3.05, 3.63) is 57.8 Å². The van der Waals surface area contributed by atoms with Crippen LogP contribution in [0.15, 0.2) is 41.8 Å². The zero-order valence-electron chi connectivity index (χ0n) is 14.3. The van der Waals surface area contributed by atoms with Crippen molar-refractivity contribution in [2.45, 2.75) is 57.9 Å². The number of fused-ring (bicyclic) bond motifs is 1. The molecule has 0 amide bonds. The molecule has 0 N–H and O–H groups in total. The third-order valence-electron chi connectivity index (χ3n) is 5.22. The zero-order chi connectivity index (χ0) is 15.9. The van der Waals surface area contributed by atoms with Gasteiger partial charge in [-0.25, -0.2) is 0 Å². The molecule has 0 aliphatic heterocycles. The highest BCUT2D eigenvalue weighted by Gasteiger charge is 2.21. The van der Waals surface area contributed by atoms with Crippen LogP contribution in [0.3, 0.4) is 0 Å². The van der Waals surface area contributed by atoms with E-state index in [-0.39, 0.29) is 0 Å². The van der Waals surface area contributed by atoms with Gasteiger partial charge in [-0.05, 0) is 80.6 Å². The minimum atomic E-state index is 0.788. The van der Waals surface area contributed by atoms with Crippen molar-refractivity contribution in [3.8, 4) is 0 Å². The first-order valence-corrected chi connectivity index (χ1v) is 10.1. The molecule has 124 valence electrons. The van der Waals surface area contributed by atoms with E-state index >= 15 is 0 Å². The van der Waals surface area contributed by atoms with E-state index in [0.717, 1.165) is 6.04 Å². The van der Waals surface area contributed by atoms with Gasteiger partial charge in [-0.2, -0.15) is 0 Å². The summed E-state index contributed by atoms with van der Waals surface area (Å²) in [5.41, 5.74) is 3.10. The predicted octanol–water partition coefficient (Wildman–Crippen LogP) is 5.34. The van der Waals surface area contributed by atoms with Gasteiger partial charge in [0.1, 0.15) is 0 Å². The van der Waals surface area contributed by atoms with Gasteiger partial charge in [-0.15, -0.1) is 11.3 Å². The van der Waals surface area contributed by atoms with E-state index < -0.39 is 0 Å². The van der Waals surface area contributed by atoms with E-state index in [1.54, 1.807) is 10.4 Å². The Hall–Kier alpha value is -1.12. The van der Waals surface area contributed by atoms with Crippen LogP contribution in [-0.2, 0) is 19.3 Å². The maximum absolute atomic E-state index is 2.74. The molecule has 1 unspecified atom stereocenters. The van der Waals surface area contributed by atoms with E-state index in [0.29, 0.717) is 0 Å². The van der Waals surface area contributed by atoms with Crippen molar-refractivity contribution >= 4 is 11.3 Å². The number of nitrogens with zero attached hydrogens (tertiary/aromatic N) is 1. The second-order valence-electron chi connectivity index (χ2n) is 6.67. The molecule has 3 rings (SSSR count). The van der Waals surface area contributed by atoms with Gasteiger partial charge in [0.05, 0.1) is 0 Å². The molecule has 23 heavy (non-hydrogen) atoms. The van der Waals surface area contributed by atoms with Gasteiger partial charge in [-0.3, -0.25) is 0 Å². The Kier molecular flexibility index (Phi) is 6.29. The van der Waals surface area contributed by atoms with Crippen molar-refractivity contribution in [2.75, 3.05) is 13.1 Å². The summed E-state index contributed by atoms with van der Waals surface area (Å²) in [6.07, 6.45) is 9.11. The molecule has 1 heterocycles. The highest BCUT2D eigenvalue weighted by atomic mass is 32.1. The number of hydrogen-bond donors (Lipinski definition) is 0. The second kappa shape index (κ2) is 8.65. The van der Waals surface area contributed by atoms with Crippen LogP contribution in [0.2, 0.25) is 0 Å². The van der Waals surface area contributed by atoms with Gasteiger partial charge in [-0.1, -0.05) is 37.3 Å². The van der Waals surface area contributed by atoms with E-state index in [4.69, 9.17) is 0 Å². The van der Waals surface area contributed by atoms with Gasteiger partial charge in [0.2, 0.25) is 0 Å². The molecule has 1 aliphatic carbocycles. The number of unbranched alkanes of at least 4 members (excludes halogenated alkanes) is 1. The zero-order valence-corrected chi connectivity index (χ0v) is 15.2. The molecular weight excluding hydrogens is 298 g/mol. The van der Waals surface area contributed by atoms with Crippen LogP contribution in [0.4, 0.5) is 0 Å². The molecule has 1 aliphatic rings. The second-order valence-corrected chi connectivity index (χ2v) is 7.67. The highest BCUT2D eigenvalue weighted by molar-refractivity contribution is 7.10. The molecule has 1 nitrogen and oxygen atoms in total. The lowest BCUT2D eigenvalue weighted by molar-refractivity contribution is 0.185. The Morgan fingerprint density at radius 1 is 1.04 bits per heavy atom. The first-order valence-electron chi connectivity index (χ1n) is 9.20. The summed E-state index contributed by atoms with van der Waals surface area (Å²) < 4.78 is 0. The fourth-order valence-corrected chi connectivity index (χ4v) is 4.78. The molecule has 0 radical (unpaired) electrons. The molecule has 1 atom stereocenters. The standard InChI is InChI=1S/C21H29NS/c1-2-22(16-7-6-10-18-8-4-3-5-9-18)20-12-11-19-15-17-23-21(19)14-13-20/h3-5,8-9,15,17,20H,2,6-7,10-14,16H2,1H3. The number of rotatable bonds is 7. The van der Waals surface area contributed by atoms with E-state index in [9.17, 15) is 0 Å². The summed E-state index contributed by atoms with van der Waals surface area (Å²) in [4.78, 5) is 4.38. The molecule has 0 spiro atoms. The summed E-state index contributed by atoms with van der Waals surface area (Å²) in [6.45, 7) is 4.79. The average Bonchev–Trinajstić information content (AvgIpc) is 2.95. The fraction of sp³-hybridized carbons (Fsp3) is 0.524. The molecule has 2 heteroatoms. The summed E-state index contributed by atoms with van der Waals surface area (Å²) in [5.74, 6) is 0. The number of aryl methyl sites for hydroxylation is 3. The van der Waals surface area contributed by atoms with Crippen molar-refractivity contribution in [3.63, 3.8) is 0 Å². The lowest BCUT2D eigenvalue weighted by Gasteiger charge is -2.30. The van der Waals surface area contributed by atoms with Crippen molar-refractivity contribution < 1.29 is 0 Å². The SMILES string of the molecule is CCN(CCCCc1ccccc1)C1CCc2ccsc2CC1. The van der Waals surface area contributed by atoms with Gasteiger partial charge in [0, 0.05) is 10.9 Å². The lowest BCUT2D eigenvalue weighted by Crippen LogP contribution is -2.36. The normalized spacial score (nSPS) is 17.9. The monoisotopic (exact) mass is 327 g/mol. The molecule has 1 aromatic carbocycles.